The zero-order valence-electron chi connectivity index (χ0n) is 40.4. The summed E-state index contributed by atoms with van der Waals surface area (Å²) in [6.07, 6.45) is -9.48. The summed E-state index contributed by atoms with van der Waals surface area (Å²) in [5.41, 5.74) is 6.77. The second-order valence-corrected chi connectivity index (χ2v) is 18.0. The first-order chi connectivity index (χ1) is 35.6. The maximum absolute atomic E-state index is 12.3. The monoisotopic (exact) mass is 972 g/mol. The van der Waals surface area contributed by atoms with Crippen LogP contribution in [0.2, 0.25) is 0 Å². The molecular formula is C61H64O11. The number of aliphatic hydroxyl groups is 1. The van der Waals surface area contributed by atoms with E-state index in [0.717, 1.165) is 38.9 Å². The van der Waals surface area contributed by atoms with Crippen molar-refractivity contribution in [3.8, 4) is 0 Å². The molecule has 2 fully saturated rings. The normalized spacial score (nSPS) is 24.2. The Hall–Kier alpha value is -5.90. The highest BCUT2D eigenvalue weighted by atomic mass is 16.8. The van der Waals surface area contributed by atoms with Gasteiger partial charge in [0.2, 0.25) is 0 Å². The minimum absolute atomic E-state index is 0.0999. The first-order valence-corrected chi connectivity index (χ1v) is 24.8. The van der Waals surface area contributed by atoms with Crippen LogP contribution in [0.5, 0.6) is 0 Å². The van der Waals surface area contributed by atoms with Crippen LogP contribution in [0.4, 0.5) is 0 Å². The van der Waals surface area contributed by atoms with E-state index in [1.807, 2.05) is 212 Å². The number of hydrogen-bond acceptors (Lipinski definition) is 11. The minimum Gasteiger partial charge on any atom is -0.374 e. The largest absolute Gasteiger partial charge is 0.374 e. The fraction of sp³-hybridized carbons (Fsp3) is 0.311. The van der Waals surface area contributed by atoms with Crippen molar-refractivity contribution in [3.05, 3.63) is 251 Å². The maximum atomic E-state index is 12.3. The fourth-order valence-corrected chi connectivity index (χ4v) is 8.98. The molecule has 0 aliphatic carbocycles. The minimum atomic E-state index is -1.52. The van der Waals surface area contributed by atoms with E-state index >= 15 is 0 Å². The molecule has 0 saturated carbocycles. The van der Waals surface area contributed by atoms with Crippen LogP contribution in [0.1, 0.15) is 38.9 Å². The molecule has 0 bridgehead atoms. The third-order valence-corrected chi connectivity index (χ3v) is 12.7. The maximum Gasteiger partial charge on any atom is 0.187 e. The van der Waals surface area contributed by atoms with Crippen LogP contribution in [-0.2, 0) is 93.6 Å². The van der Waals surface area contributed by atoms with Crippen molar-refractivity contribution in [3.63, 3.8) is 0 Å². The molecule has 1 N–H and O–H groups in total. The Kier molecular flexibility index (Phi) is 19.3. The molecule has 10 atom stereocenters. The number of benzene rings is 7. The van der Waals surface area contributed by atoms with Crippen molar-refractivity contribution < 1.29 is 52.5 Å². The summed E-state index contributed by atoms with van der Waals surface area (Å²) in [5, 5.41) is 12.3. The fourth-order valence-electron chi connectivity index (χ4n) is 8.98. The predicted octanol–water partition coefficient (Wildman–Crippen LogP) is 10.2. The first-order valence-electron chi connectivity index (χ1n) is 24.8. The molecule has 374 valence electrons. The summed E-state index contributed by atoms with van der Waals surface area (Å²) in [5.74, 6) is 0. The Morgan fingerprint density at radius 3 is 0.889 bits per heavy atom. The van der Waals surface area contributed by atoms with E-state index in [2.05, 4.69) is 0 Å². The van der Waals surface area contributed by atoms with Gasteiger partial charge in [-0.15, -0.1) is 0 Å². The Morgan fingerprint density at radius 1 is 0.292 bits per heavy atom. The van der Waals surface area contributed by atoms with Crippen LogP contribution < -0.4 is 0 Å². The van der Waals surface area contributed by atoms with Crippen molar-refractivity contribution in [1.29, 1.82) is 0 Å². The Labute approximate surface area is 423 Å². The SMILES string of the molecule is O[C@@H]1O[C@H](COCc2ccccc2)[C@@H](OCc2ccccc2)[C@H](OCc2ccccc2)[C@H]1O[C@H]1O[C@H](COCc2ccccc2)[C@@H](OCc2ccccc2)[C@H](OCc2ccccc2)[C@@H]1OCc1ccccc1. The van der Waals surface area contributed by atoms with Gasteiger partial charge in [0.05, 0.1) is 59.5 Å². The van der Waals surface area contributed by atoms with Crippen LogP contribution in [-0.4, -0.2) is 79.7 Å². The van der Waals surface area contributed by atoms with Crippen molar-refractivity contribution >= 4 is 0 Å². The molecule has 11 nitrogen and oxygen atoms in total. The zero-order chi connectivity index (χ0) is 49.0. The van der Waals surface area contributed by atoms with Crippen molar-refractivity contribution in [2.45, 2.75) is 108 Å². The van der Waals surface area contributed by atoms with E-state index in [1.54, 1.807) is 0 Å². The van der Waals surface area contributed by atoms with Gasteiger partial charge in [0, 0.05) is 0 Å². The van der Waals surface area contributed by atoms with Gasteiger partial charge < -0.3 is 52.5 Å². The molecular weight excluding hydrogens is 909 g/mol. The van der Waals surface area contributed by atoms with Crippen LogP contribution in [0.25, 0.3) is 0 Å². The third-order valence-electron chi connectivity index (χ3n) is 12.7. The van der Waals surface area contributed by atoms with Crippen molar-refractivity contribution in [1.82, 2.24) is 0 Å². The molecule has 0 spiro atoms. The van der Waals surface area contributed by atoms with E-state index in [1.165, 1.54) is 0 Å². The second-order valence-electron chi connectivity index (χ2n) is 18.0. The highest BCUT2D eigenvalue weighted by Gasteiger charge is 2.54. The lowest BCUT2D eigenvalue weighted by molar-refractivity contribution is -0.379. The van der Waals surface area contributed by atoms with Crippen LogP contribution >= 0.6 is 0 Å². The Balaban J connectivity index is 1.07. The van der Waals surface area contributed by atoms with Crippen LogP contribution in [0.3, 0.4) is 0 Å². The molecule has 2 heterocycles. The number of rotatable bonds is 25. The van der Waals surface area contributed by atoms with E-state index in [-0.39, 0.29) is 46.2 Å². The van der Waals surface area contributed by atoms with Gasteiger partial charge in [-0.3, -0.25) is 0 Å². The lowest BCUT2D eigenvalue weighted by atomic mass is 9.96. The molecule has 9 rings (SSSR count). The highest BCUT2D eigenvalue weighted by Crippen LogP contribution is 2.36. The molecule has 2 aliphatic heterocycles. The summed E-state index contributed by atoms with van der Waals surface area (Å²) in [7, 11) is 0. The van der Waals surface area contributed by atoms with E-state index in [9.17, 15) is 5.11 Å². The lowest BCUT2D eigenvalue weighted by Gasteiger charge is -2.49. The van der Waals surface area contributed by atoms with Crippen LogP contribution in [0, 0.1) is 0 Å². The summed E-state index contributed by atoms with van der Waals surface area (Å²) in [6, 6.07) is 69.6. The lowest BCUT2D eigenvalue weighted by Crippen LogP contribution is -2.66. The standard InChI is InChI=1S/C61H64O11/c62-60-58(56(67-40-49-30-16-5-17-31-49)54(65-38-47-26-12-3-13-27-47)52(70-60)43-63-36-45-22-8-1-9-23-45)72-61-59(69-42-51-34-20-7-21-35-51)57(68-41-50-32-18-6-19-33-50)55(66-39-48-28-14-4-15-29-48)53(71-61)44-64-37-46-24-10-2-11-25-46/h1-35,52-62H,36-44H2/t52-,53-,54-,55-,56+,57+,58-,59+,60-,61-/m1/s1. The molecule has 7 aromatic carbocycles. The molecule has 0 unspecified atom stereocenters. The van der Waals surface area contributed by atoms with E-state index in [0.29, 0.717) is 13.2 Å². The van der Waals surface area contributed by atoms with Crippen molar-refractivity contribution in [2.75, 3.05) is 13.2 Å². The number of ether oxygens (including phenoxy) is 10. The Morgan fingerprint density at radius 2 is 0.556 bits per heavy atom. The average molecular weight is 973 g/mol. The van der Waals surface area contributed by atoms with Gasteiger partial charge in [-0.2, -0.15) is 0 Å². The Bertz CT molecular complexity index is 2550. The molecule has 0 amide bonds. The molecule has 0 aromatic heterocycles. The number of hydrogen-bond donors (Lipinski definition) is 1. The molecule has 72 heavy (non-hydrogen) atoms. The van der Waals surface area contributed by atoms with Gasteiger partial charge >= 0.3 is 0 Å². The van der Waals surface area contributed by atoms with Gasteiger partial charge in [0.1, 0.15) is 48.8 Å². The molecule has 11 heteroatoms. The topological polar surface area (TPSA) is 113 Å². The van der Waals surface area contributed by atoms with E-state index < -0.39 is 61.4 Å². The van der Waals surface area contributed by atoms with Gasteiger partial charge in [-0.25, -0.2) is 0 Å². The van der Waals surface area contributed by atoms with Gasteiger partial charge in [-0.05, 0) is 38.9 Å². The van der Waals surface area contributed by atoms with Gasteiger partial charge in [-0.1, -0.05) is 212 Å². The van der Waals surface area contributed by atoms with Crippen molar-refractivity contribution in [2.24, 2.45) is 0 Å². The quantitative estimate of drug-likeness (QED) is 0.0591. The highest BCUT2D eigenvalue weighted by molar-refractivity contribution is 5.19. The summed E-state index contributed by atoms with van der Waals surface area (Å²) in [6.45, 7) is 2.01. The molecule has 7 aromatic rings. The first kappa shape index (κ1) is 51.0. The van der Waals surface area contributed by atoms with Gasteiger partial charge in [0.15, 0.2) is 12.6 Å². The smallest absolute Gasteiger partial charge is 0.187 e. The third kappa shape index (κ3) is 14.8. The van der Waals surface area contributed by atoms with Crippen LogP contribution in [0.15, 0.2) is 212 Å². The molecule has 2 saturated heterocycles. The van der Waals surface area contributed by atoms with E-state index in [4.69, 9.17) is 47.4 Å². The summed E-state index contributed by atoms with van der Waals surface area (Å²) in [4.78, 5) is 0. The summed E-state index contributed by atoms with van der Waals surface area (Å²) < 4.78 is 68.3. The summed E-state index contributed by atoms with van der Waals surface area (Å²) >= 11 is 0. The predicted molar refractivity (Wildman–Crippen MR) is 272 cm³/mol. The second kappa shape index (κ2) is 27.2. The average Bonchev–Trinajstić information content (AvgIpc) is 3.43. The molecule has 0 radical (unpaired) electrons. The van der Waals surface area contributed by atoms with Gasteiger partial charge in [0.25, 0.3) is 0 Å². The zero-order valence-corrected chi connectivity index (χ0v) is 40.4. The number of aliphatic hydroxyl groups excluding tert-OH is 1. The molecule has 2 aliphatic rings.